The van der Waals surface area contributed by atoms with Crippen LogP contribution in [0.5, 0.6) is 0 Å². The van der Waals surface area contributed by atoms with Crippen LogP contribution in [-0.4, -0.2) is 19.3 Å². The molecule has 33 heavy (non-hydrogen) atoms. The first kappa shape index (κ1) is 22.2. The van der Waals surface area contributed by atoms with Gasteiger partial charge in [0.2, 0.25) is 0 Å². The molecule has 1 amide bonds. The highest BCUT2D eigenvalue weighted by Crippen LogP contribution is 2.22. The van der Waals surface area contributed by atoms with Gasteiger partial charge in [-0.2, -0.15) is 0 Å². The van der Waals surface area contributed by atoms with Crippen molar-refractivity contribution in [1.29, 1.82) is 0 Å². The van der Waals surface area contributed by atoms with Crippen molar-refractivity contribution < 1.29 is 13.2 Å². The third kappa shape index (κ3) is 5.45. The monoisotopic (exact) mass is 457 g/mol. The smallest absolute Gasteiger partial charge is 0.261 e. The summed E-state index contributed by atoms with van der Waals surface area (Å²) in [4.78, 5) is 17.5. The molecule has 0 saturated heterocycles. The van der Waals surface area contributed by atoms with Gasteiger partial charge in [-0.05, 0) is 55.0 Å². The van der Waals surface area contributed by atoms with Crippen LogP contribution in [0.1, 0.15) is 33.2 Å². The molecule has 0 fully saturated rings. The number of pyridine rings is 1. The highest BCUT2D eigenvalue weighted by Gasteiger charge is 2.21. The topological polar surface area (TPSA) is 88.2 Å². The fraction of sp³-hybridized carbons (Fsp3) is 0.0769. The number of anilines is 1. The lowest BCUT2D eigenvalue weighted by molar-refractivity contribution is 0.0942. The van der Waals surface area contributed by atoms with E-state index in [9.17, 15) is 13.2 Å². The second kappa shape index (κ2) is 9.67. The van der Waals surface area contributed by atoms with Crippen LogP contribution < -0.4 is 10.0 Å². The van der Waals surface area contributed by atoms with Crippen molar-refractivity contribution in [2.24, 2.45) is 0 Å². The van der Waals surface area contributed by atoms with Crippen LogP contribution in [-0.2, 0) is 10.0 Å². The molecule has 166 valence electrons. The van der Waals surface area contributed by atoms with Gasteiger partial charge in [0.05, 0.1) is 16.6 Å². The summed E-state index contributed by atoms with van der Waals surface area (Å²) in [6.45, 7) is 1.92. The molecule has 1 heterocycles. The minimum absolute atomic E-state index is 0.00447. The lowest BCUT2D eigenvalue weighted by Crippen LogP contribution is -2.30. The number of amides is 1. The van der Waals surface area contributed by atoms with Gasteiger partial charge in [0.15, 0.2) is 0 Å². The molecule has 0 aliphatic rings. The molecule has 0 spiro atoms. The zero-order chi connectivity index (χ0) is 23.3. The van der Waals surface area contributed by atoms with Crippen molar-refractivity contribution in [3.63, 3.8) is 0 Å². The molecule has 0 saturated carbocycles. The normalized spacial score (nSPS) is 12.0. The Balaban J connectivity index is 1.59. The van der Waals surface area contributed by atoms with Gasteiger partial charge in [-0.25, -0.2) is 8.42 Å². The Morgan fingerprint density at radius 2 is 1.58 bits per heavy atom. The lowest BCUT2D eigenvalue weighted by Gasteiger charge is -2.19. The summed E-state index contributed by atoms with van der Waals surface area (Å²) in [5.41, 5.74) is 3.27. The van der Waals surface area contributed by atoms with Gasteiger partial charge in [-0.15, -0.1) is 0 Å². The Hall–Kier alpha value is -3.97. The second-order valence-corrected chi connectivity index (χ2v) is 9.25. The predicted octanol–water partition coefficient (Wildman–Crippen LogP) is 4.71. The third-order valence-electron chi connectivity index (χ3n) is 5.10. The molecule has 6 nitrogen and oxygen atoms in total. The predicted molar refractivity (Wildman–Crippen MR) is 128 cm³/mol. The van der Waals surface area contributed by atoms with Crippen molar-refractivity contribution in [3.8, 4) is 0 Å². The minimum atomic E-state index is -3.86. The number of aromatic nitrogens is 1. The first-order chi connectivity index (χ1) is 15.9. The maximum Gasteiger partial charge on any atom is 0.261 e. The quantitative estimate of drug-likeness (QED) is 0.421. The maximum absolute atomic E-state index is 13.1. The summed E-state index contributed by atoms with van der Waals surface area (Å²) in [7, 11) is -3.86. The van der Waals surface area contributed by atoms with Gasteiger partial charge >= 0.3 is 0 Å². The van der Waals surface area contributed by atoms with Gasteiger partial charge in [0.25, 0.3) is 15.9 Å². The van der Waals surface area contributed by atoms with Gasteiger partial charge < -0.3 is 5.32 Å². The molecular weight excluding hydrogens is 434 g/mol. The van der Waals surface area contributed by atoms with E-state index < -0.39 is 22.0 Å². The number of sulfonamides is 1. The van der Waals surface area contributed by atoms with Crippen molar-refractivity contribution >= 4 is 21.6 Å². The number of aryl methyl sites for hydroxylation is 1. The van der Waals surface area contributed by atoms with Gasteiger partial charge in [0, 0.05) is 17.4 Å². The van der Waals surface area contributed by atoms with Crippen LogP contribution in [0.3, 0.4) is 0 Å². The van der Waals surface area contributed by atoms with Crippen molar-refractivity contribution in [3.05, 3.63) is 126 Å². The van der Waals surface area contributed by atoms with Gasteiger partial charge in [-0.1, -0.05) is 60.2 Å². The number of rotatable bonds is 7. The van der Waals surface area contributed by atoms with Crippen LogP contribution in [0.2, 0.25) is 0 Å². The van der Waals surface area contributed by atoms with E-state index in [2.05, 4.69) is 15.0 Å². The average Bonchev–Trinajstić information content (AvgIpc) is 2.85. The molecule has 1 atom stereocenters. The Labute approximate surface area is 193 Å². The SMILES string of the molecule is Cc1ccc(NS(=O)(=O)c2cccc(C(=O)NC(c3ccccc3)c3ccccn3)c2)cc1. The van der Waals surface area contributed by atoms with Crippen LogP contribution in [0.4, 0.5) is 5.69 Å². The Bertz CT molecular complexity index is 1300. The fourth-order valence-electron chi connectivity index (χ4n) is 3.37. The van der Waals surface area contributed by atoms with Crippen LogP contribution in [0.15, 0.2) is 108 Å². The molecule has 4 rings (SSSR count). The molecule has 7 heteroatoms. The Morgan fingerprint density at radius 1 is 0.848 bits per heavy atom. The van der Waals surface area contributed by atoms with E-state index in [1.54, 1.807) is 30.5 Å². The molecule has 1 aromatic heterocycles. The number of hydrogen-bond donors (Lipinski definition) is 2. The standard InChI is InChI=1S/C26H23N3O3S/c1-19-13-15-22(16-14-19)29-33(31,32)23-11-7-10-21(18-23)26(30)28-25(20-8-3-2-4-9-20)24-12-5-6-17-27-24/h2-18,25,29H,1H3,(H,28,30). The summed E-state index contributed by atoms with van der Waals surface area (Å²) in [6.07, 6.45) is 1.67. The summed E-state index contributed by atoms with van der Waals surface area (Å²) >= 11 is 0. The highest BCUT2D eigenvalue weighted by molar-refractivity contribution is 7.92. The molecule has 0 radical (unpaired) electrons. The molecule has 1 unspecified atom stereocenters. The first-order valence-electron chi connectivity index (χ1n) is 10.4. The van der Waals surface area contributed by atoms with Crippen molar-refractivity contribution in [1.82, 2.24) is 10.3 Å². The zero-order valence-electron chi connectivity index (χ0n) is 18.0. The number of benzene rings is 3. The van der Waals surface area contributed by atoms with Crippen LogP contribution >= 0.6 is 0 Å². The number of carbonyl (C=O) groups excluding carboxylic acids is 1. The molecule has 0 bridgehead atoms. The van der Waals surface area contributed by atoms with Gasteiger partial charge in [-0.3, -0.25) is 14.5 Å². The van der Waals surface area contributed by atoms with E-state index in [4.69, 9.17) is 0 Å². The second-order valence-electron chi connectivity index (χ2n) is 7.57. The van der Waals surface area contributed by atoms with Gasteiger partial charge in [0.1, 0.15) is 0 Å². The largest absolute Gasteiger partial charge is 0.340 e. The Kier molecular flexibility index (Phi) is 6.51. The van der Waals surface area contributed by atoms with E-state index in [0.29, 0.717) is 11.4 Å². The summed E-state index contributed by atoms with van der Waals surface area (Å²) in [5.74, 6) is -0.401. The van der Waals surface area contributed by atoms with E-state index in [0.717, 1.165) is 11.1 Å². The molecule has 0 aliphatic heterocycles. The minimum Gasteiger partial charge on any atom is -0.340 e. The van der Waals surface area contributed by atoms with E-state index in [1.165, 1.54) is 12.1 Å². The average molecular weight is 458 g/mol. The molecule has 4 aromatic rings. The lowest BCUT2D eigenvalue weighted by atomic mass is 10.0. The van der Waals surface area contributed by atoms with Crippen LogP contribution in [0, 0.1) is 6.92 Å². The van der Waals surface area contributed by atoms with Crippen molar-refractivity contribution in [2.45, 2.75) is 17.9 Å². The van der Waals surface area contributed by atoms with E-state index >= 15 is 0 Å². The molecule has 2 N–H and O–H groups in total. The van der Waals surface area contributed by atoms with Crippen LogP contribution in [0.25, 0.3) is 0 Å². The third-order valence-corrected chi connectivity index (χ3v) is 6.48. The number of nitrogens with zero attached hydrogens (tertiary/aromatic N) is 1. The summed E-state index contributed by atoms with van der Waals surface area (Å²) < 4.78 is 28.3. The first-order valence-corrected chi connectivity index (χ1v) is 11.9. The molecule has 3 aromatic carbocycles. The maximum atomic E-state index is 13.1. The molecule has 0 aliphatic carbocycles. The van der Waals surface area contributed by atoms with E-state index in [-0.39, 0.29) is 10.5 Å². The number of carbonyl (C=O) groups is 1. The number of hydrogen-bond acceptors (Lipinski definition) is 4. The zero-order valence-corrected chi connectivity index (χ0v) is 18.8. The fourth-order valence-corrected chi connectivity index (χ4v) is 4.48. The number of nitrogens with one attached hydrogen (secondary N) is 2. The summed E-state index contributed by atoms with van der Waals surface area (Å²) in [5, 5.41) is 2.98. The molecular formula is C26H23N3O3S. The Morgan fingerprint density at radius 3 is 2.27 bits per heavy atom. The highest BCUT2D eigenvalue weighted by atomic mass is 32.2. The summed E-state index contributed by atoms with van der Waals surface area (Å²) in [6, 6.07) is 27.5. The van der Waals surface area contributed by atoms with E-state index in [1.807, 2.05) is 67.6 Å². The van der Waals surface area contributed by atoms with Crippen molar-refractivity contribution in [2.75, 3.05) is 4.72 Å².